The molecule has 4 rings (SSSR count). The smallest absolute Gasteiger partial charge is 0.285 e. The number of amidine groups is 1. The second-order valence-corrected chi connectivity index (χ2v) is 8.70. The molecule has 8 heteroatoms. The first-order valence-corrected chi connectivity index (χ1v) is 11.0. The Hall–Kier alpha value is -3.00. The number of hydrogen-bond donors (Lipinski definition) is 1. The van der Waals surface area contributed by atoms with Crippen LogP contribution < -0.4 is 5.32 Å². The lowest BCUT2D eigenvalue weighted by Gasteiger charge is -2.33. The maximum Gasteiger partial charge on any atom is 0.285 e. The van der Waals surface area contributed by atoms with Crippen LogP contribution >= 0.6 is 0 Å². The fourth-order valence-corrected chi connectivity index (χ4v) is 5.25. The van der Waals surface area contributed by atoms with Gasteiger partial charge in [-0.25, -0.2) is 0 Å². The van der Waals surface area contributed by atoms with Crippen molar-refractivity contribution in [2.75, 3.05) is 13.1 Å². The van der Waals surface area contributed by atoms with Crippen LogP contribution in [-0.4, -0.2) is 49.2 Å². The number of carbonyl (C=O) groups is 1. The molecule has 29 heavy (non-hydrogen) atoms. The van der Waals surface area contributed by atoms with Gasteiger partial charge in [-0.2, -0.15) is 8.42 Å². The SMILES string of the molecule is CC1=C(c2ccccc2)S(=O)(=O)N=C1N1CCC(NC(=O)c2ccccn2)CC1. The summed E-state index contributed by atoms with van der Waals surface area (Å²) in [5, 5.41) is 3.01. The zero-order chi connectivity index (χ0) is 20.4. The fraction of sp³-hybridized carbons (Fsp3) is 0.286. The highest BCUT2D eigenvalue weighted by Crippen LogP contribution is 2.34. The van der Waals surface area contributed by atoms with E-state index in [4.69, 9.17) is 0 Å². The summed E-state index contributed by atoms with van der Waals surface area (Å²) in [4.78, 5) is 18.6. The van der Waals surface area contributed by atoms with Gasteiger partial charge >= 0.3 is 0 Å². The summed E-state index contributed by atoms with van der Waals surface area (Å²) >= 11 is 0. The van der Waals surface area contributed by atoms with E-state index in [2.05, 4.69) is 14.7 Å². The summed E-state index contributed by atoms with van der Waals surface area (Å²) in [6.45, 7) is 3.06. The molecule has 1 aromatic carbocycles. The van der Waals surface area contributed by atoms with E-state index in [1.165, 1.54) is 0 Å². The third kappa shape index (κ3) is 3.93. The Balaban J connectivity index is 1.45. The number of nitrogens with one attached hydrogen (secondary N) is 1. The minimum absolute atomic E-state index is 0.0252. The molecule has 1 amide bonds. The molecule has 2 aliphatic heterocycles. The minimum Gasteiger partial charge on any atom is -0.356 e. The molecule has 3 heterocycles. The molecule has 1 fully saturated rings. The van der Waals surface area contributed by atoms with Crippen molar-refractivity contribution in [2.24, 2.45) is 4.40 Å². The minimum atomic E-state index is -3.71. The standard InChI is InChI=1S/C21H22N4O3S/c1-15-19(16-7-3-2-4-8-16)29(27,28)24-20(15)25-13-10-17(11-14-25)23-21(26)18-9-5-6-12-22-18/h2-9,12,17H,10-11,13-14H2,1H3,(H,23,26). The van der Waals surface area contributed by atoms with E-state index in [0.29, 0.717) is 48.6 Å². The van der Waals surface area contributed by atoms with Crippen LogP contribution in [-0.2, 0) is 10.0 Å². The summed E-state index contributed by atoms with van der Waals surface area (Å²) in [5.74, 6) is 0.325. The molecule has 0 spiro atoms. The number of pyridine rings is 1. The van der Waals surface area contributed by atoms with Crippen LogP contribution in [0, 0.1) is 0 Å². The van der Waals surface area contributed by atoms with Gasteiger partial charge in [0.05, 0.1) is 0 Å². The number of hydrogen-bond acceptors (Lipinski definition) is 5. The Labute approximate surface area is 170 Å². The van der Waals surface area contributed by atoms with E-state index in [1.807, 2.05) is 23.1 Å². The first-order valence-electron chi connectivity index (χ1n) is 9.54. The summed E-state index contributed by atoms with van der Waals surface area (Å²) in [6, 6.07) is 14.3. The van der Waals surface area contributed by atoms with E-state index in [1.54, 1.807) is 43.5 Å². The molecule has 0 atom stereocenters. The molecule has 0 unspecified atom stereocenters. The van der Waals surface area contributed by atoms with Crippen LogP contribution in [0.5, 0.6) is 0 Å². The van der Waals surface area contributed by atoms with Crippen LogP contribution in [0.1, 0.15) is 35.8 Å². The zero-order valence-electron chi connectivity index (χ0n) is 16.1. The first kappa shape index (κ1) is 19.3. The molecule has 1 N–H and O–H groups in total. The highest BCUT2D eigenvalue weighted by atomic mass is 32.2. The Bertz CT molecular complexity index is 1070. The van der Waals surface area contributed by atoms with Gasteiger partial charge in [-0.05, 0) is 37.5 Å². The quantitative estimate of drug-likeness (QED) is 0.839. The van der Waals surface area contributed by atoms with Crippen LogP contribution in [0.15, 0.2) is 64.7 Å². The van der Waals surface area contributed by atoms with Gasteiger partial charge in [-0.15, -0.1) is 4.40 Å². The van der Waals surface area contributed by atoms with Gasteiger partial charge in [0.1, 0.15) is 16.4 Å². The van der Waals surface area contributed by atoms with Crippen molar-refractivity contribution in [1.29, 1.82) is 0 Å². The predicted molar refractivity (Wildman–Crippen MR) is 112 cm³/mol. The molecule has 2 aromatic rings. The molecule has 1 saturated heterocycles. The first-order chi connectivity index (χ1) is 14.0. The van der Waals surface area contributed by atoms with Crippen LogP contribution in [0.2, 0.25) is 0 Å². The lowest BCUT2D eigenvalue weighted by Crippen LogP contribution is -2.46. The number of piperidine rings is 1. The van der Waals surface area contributed by atoms with Gasteiger partial charge in [0, 0.05) is 30.9 Å². The summed E-state index contributed by atoms with van der Waals surface area (Å²) in [7, 11) is -3.71. The van der Waals surface area contributed by atoms with E-state index < -0.39 is 10.0 Å². The number of benzene rings is 1. The van der Waals surface area contributed by atoms with Crippen molar-refractivity contribution >= 4 is 26.7 Å². The third-order valence-electron chi connectivity index (χ3n) is 5.20. The average Bonchev–Trinajstić information content (AvgIpc) is 2.98. The van der Waals surface area contributed by atoms with E-state index >= 15 is 0 Å². The van der Waals surface area contributed by atoms with Crippen molar-refractivity contribution in [3.63, 3.8) is 0 Å². The molecule has 0 aliphatic carbocycles. The molecule has 0 saturated carbocycles. The number of nitrogens with zero attached hydrogens (tertiary/aromatic N) is 3. The van der Waals surface area contributed by atoms with Crippen molar-refractivity contribution in [1.82, 2.24) is 15.2 Å². The number of carbonyl (C=O) groups excluding carboxylic acids is 1. The molecular formula is C21H22N4O3S. The van der Waals surface area contributed by atoms with Gasteiger partial charge in [-0.1, -0.05) is 36.4 Å². The number of amides is 1. The lowest BCUT2D eigenvalue weighted by molar-refractivity contribution is 0.0917. The lowest BCUT2D eigenvalue weighted by atomic mass is 10.0. The predicted octanol–water partition coefficient (Wildman–Crippen LogP) is 2.45. The second-order valence-electron chi connectivity index (χ2n) is 7.16. The van der Waals surface area contributed by atoms with Crippen LogP contribution in [0.3, 0.4) is 0 Å². The molecule has 150 valence electrons. The molecule has 7 nitrogen and oxygen atoms in total. The molecule has 0 bridgehead atoms. The third-order valence-corrected chi connectivity index (χ3v) is 6.67. The second kappa shape index (κ2) is 7.79. The zero-order valence-corrected chi connectivity index (χ0v) is 16.9. The summed E-state index contributed by atoms with van der Waals surface area (Å²) < 4.78 is 29.4. The highest BCUT2D eigenvalue weighted by molar-refractivity contribution is 8.00. The average molecular weight is 410 g/mol. The van der Waals surface area contributed by atoms with E-state index in [9.17, 15) is 13.2 Å². The monoisotopic (exact) mass is 410 g/mol. The maximum atomic E-state index is 12.7. The summed E-state index contributed by atoms with van der Waals surface area (Å²) in [5.41, 5.74) is 1.72. The highest BCUT2D eigenvalue weighted by Gasteiger charge is 2.34. The van der Waals surface area contributed by atoms with Gasteiger partial charge in [0.2, 0.25) is 0 Å². The Morgan fingerprint density at radius 3 is 2.41 bits per heavy atom. The Kier molecular flexibility index (Phi) is 5.19. The van der Waals surface area contributed by atoms with Gasteiger partial charge in [-0.3, -0.25) is 9.78 Å². The van der Waals surface area contributed by atoms with Crippen LogP contribution in [0.25, 0.3) is 4.91 Å². The van der Waals surface area contributed by atoms with Crippen LogP contribution in [0.4, 0.5) is 0 Å². The Morgan fingerprint density at radius 1 is 1.07 bits per heavy atom. The molecule has 2 aliphatic rings. The van der Waals surface area contributed by atoms with E-state index in [0.717, 1.165) is 0 Å². The number of aromatic nitrogens is 1. The van der Waals surface area contributed by atoms with Crippen molar-refractivity contribution in [3.8, 4) is 0 Å². The van der Waals surface area contributed by atoms with Gasteiger partial charge in [0.25, 0.3) is 15.9 Å². The number of likely N-dealkylation sites (tertiary alicyclic amines) is 1. The van der Waals surface area contributed by atoms with E-state index in [-0.39, 0.29) is 16.9 Å². The van der Waals surface area contributed by atoms with Crippen molar-refractivity contribution < 1.29 is 13.2 Å². The number of sulfonamides is 1. The molecule has 0 radical (unpaired) electrons. The van der Waals surface area contributed by atoms with Crippen molar-refractivity contribution in [2.45, 2.75) is 25.8 Å². The number of rotatable bonds is 3. The summed E-state index contributed by atoms with van der Waals surface area (Å²) in [6.07, 6.45) is 3.02. The Morgan fingerprint density at radius 2 is 1.76 bits per heavy atom. The normalized spacial score (nSPS) is 19.2. The largest absolute Gasteiger partial charge is 0.356 e. The molecule has 1 aromatic heterocycles. The van der Waals surface area contributed by atoms with Gasteiger partial charge < -0.3 is 10.2 Å². The topological polar surface area (TPSA) is 91.7 Å². The maximum absolute atomic E-state index is 12.7. The fourth-order valence-electron chi connectivity index (χ4n) is 3.76. The van der Waals surface area contributed by atoms with Gasteiger partial charge in [0.15, 0.2) is 0 Å². The molecular weight excluding hydrogens is 388 g/mol. The van der Waals surface area contributed by atoms with Crippen molar-refractivity contribution in [3.05, 3.63) is 71.6 Å².